The fraction of sp³-hybridized carbons (Fsp3) is 1.00. The normalized spacial score (nSPS) is 52.0. The minimum atomic E-state index is -1.95. The molecule has 0 saturated carbocycles. The number of hydrogen-bond acceptors (Lipinski definition) is 21. The molecule has 4 saturated heterocycles. The molecule has 0 radical (unpaired) electrons. The minimum absolute atomic E-state index is 0.787. The van der Waals surface area contributed by atoms with E-state index in [4.69, 9.17) is 37.9 Å². The highest BCUT2D eigenvalue weighted by Crippen LogP contribution is 2.35. The van der Waals surface area contributed by atoms with Gasteiger partial charge in [-0.25, -0.2) is 0 Å². The summed E-state index contributed by atoms with van der Waals surface area (Å²) in [7, 11) is 1.14. The van der Waals surface area contributed by atoms with Gasteiger partial charge in [0.15, 0.2) is 25.2 Å². The maximum absolute atomic E-state index is 11.4. The zero-order valence-corrected chi connectivity index (χ0v) is 24.5. The predicted molar refractivity (Wildman–Crippen MR) is 139 cm³/mol. The van der Waals surface area contributed by atoms with Crippen LogP contribution in [0.5, 0.6) is 0 Å². The molecule has 21 nitrogen and oxygen atoms in total. The first kappa shape index (κ1) is 38.0. The second-order valence-electron chi connectivity index (χ2n) is 11.4. The van der Waals surface area contributed by atoms with Crippen LogP contribution in [-0.2, 0) is 37.9 Å². The van der Waals surface area contributed by atoms with Crippen molar-refractivity contribution in [2.24, 2.45) is 0 Å². The van der Waals surface area contributed by atoms with Crippen LogP contribution in [0.4, 0.5) is 0 Å². The van der Waals surface area contributed by atoms with Gasteiger partial charge in [0, 0.05) is 7.11 Å². The smallest absolute Gasteiger partial charge is 0.187 e. The summed E-state index contributed by atoms with van der Waals surface area (Å²) in [5.41, 5.74) is 0. The summed E-state index contributed by atoms with van der Waals surface area (Å²) in [5, 5.41) is 133. The van der Waals surface area contributed by atoms with E-state index in [-0.39, 0.29) is 0 Å². The Hall–Kier alpha value is -0.840. The molecular weight excluding hydrogens is 636 g/mol. The lowest BCUT2D eigenvalue weighted by molar-refractivity contribution is -0.400. The molecule has 4 aliphatic heterocycles. The van der Waals surface area contributed by atoms with Gasteiger partial charge in [-0.15, -0.1) is 0 Å². The third-order valence-corrected chi connectivity index (χ3v) is 8.42. The van der Waals surface area contributed by atoms with E-state index in [1.807, 2.05) is 0 Å². The fourth-order valence-corrected chi connectivity index (χ4v) is 5.68. The molecule has 0 aliphatic carbocycles. The first-order valence-electron chi connectivity index (χ1n) is 14.5. The Balaban J connectivity index is 1.59. The third kappa shape index (κ3) is 7.50. The second-order valence-corrected chi connectivity index (χ2v) is 11.4. The zero-order valence-electron chi connectivity index (χ0n) is 24.5. The van der Waals surface area contributed by atoms with Gasteiger partial charge >= 0.3 is 0 Å². The van der Waals surface area contributed by atoms with Crippen LogP contribution in [-0.4, -0.2) is 223 Å². The number of hydrogen-bond donors (Lipinski definition) is 13. The van der Waals surface area contributed by atoms with Crippen molar-refractivity contribution in [3.8, 4) is 0 Å². The van der Waals surface area contributed by atoms with Crippen molar-refractivity contribution >= 4 is 0 Å². The Morgan fingerprint density at radius 1 is 0.370 bits per heavy atom. The number of rotatable bonds is 11. The highest BCUT2D eigenvalue weighted by atomic mass is 16.8. The van der Waals surface area contributed by atoms with E-state index in [0.717, 1.165) is 7.11 Å². The Kier molecular flexibility index (Phi) is 13.4. The molecule has 270 valence electrons. The average Bonchev–Trinajstić information content (AvgIpc) is 3.05. The van der Waals surface area contributed by atoms with Gasteiger partial charge in [-0.2, -0.15) is 0 Å². The van der Waals surface area contributed by atoms with Crippen LogP contribution in [0.2, 0.25) is 0 Å². The summed E-state index contributed by atoms with van der Waals surface area (Å²) in [6.07, 6.45) is -34.5. The second kappa shape index (κ2) is 16.2. The van der Waals surface area contributed by atoms with Crippen molar-refractivity contribution in [3.63, 3.8) is 0 Å². The summed E-state index contributed by atoms with van der Waals surface area (Å²) in [6, 6.07) is 0. The lowest BCUT2D eigenvalue weighted by Gasteiger charge is -2.49. The van der Waals surface area contributed by atoms with Crippen molar-refractivity contribution in [3.05, 3.63) is 0 Å². The molecule has 20 atom stereocenters. The summed E-state index contributed by atoms with van der Waals surface area (Å²) < 4.78 is 44.3. The standard InChI is InChI=1S/C25H44O21/c1-39-24-21(18(38)19(9(5-29)43-24)44-22-16(36)13(33)10(30)6(2-26)40-22)46-25-20(15(35)12(32)8(4-28)42-25)45-23-17(37)14(34)11(31)7(3-27)41-23/h6-38H,2-5H2,1H3/t6-,7-,8-,9-,10+,11-,12-,13+,14+,15+,16-,17+,18+,19-,20+,21+,22+,23-,24-,25-/m1/s1. The Bertz CT molecular complexity index is 930. The fourth-order valence-electron chi connectivity index (χ4n) is 5.68. The molecule has 13 N–H and O–H groups in total. The van der Waals surface area contributed by atoms with E-state index in [1.54, 1.807) is 0 Å². The van der Waals surface area contributed by atoms with E-state index in [1.165, 1.54) is 0 Å². The molecule has 21 heteroatoms. The van der Waals surface area contributed by atoms with Gasteiger partial charge in [-0.05, 0) is 0 Å². The van der Waals surface area contributed by atoms with Gasteiger partial charge in [0.2, 0.25) is 0 Å². The number of ether oxygens (including phenoxy) is 8. The lowest BCUT2D eigenvalue weighted by atomic mass is 9.95. The molecule has 4 heterocycles. The van der Waals surface area contributed by atoms with Gasteiger partial charge in [0.05, 0.1) is 26.4 Å². The third-order valence-electron chi connectivity index (χ3n) is 8.42. The summed E-state index contributed by atoms with van der Waals surface area (Å²) >= 11 is 0. The largest absolute Gasteiger partial charge is 0.394 e. The van der Waals surface area contributed by atoms with Crippen molar-refractivity contribution in [2.45, 2.75) is 123 Å². The van der Waals surface area contributed by atoms with E-state index < -0.39 is 149 Å². The predicted octanol–water partition coefficient (Wildman–Crippen LogP) is -9.09. The van der Waals surface area contributed by atoms with Crippen LogP contribution < -0.4 is 0 Å². The lowest BCUT2D eigenvalue weighted by Crippen LogP contribution is -2.68. The first-order chi connectivity index (χ1) is 21.8. The average molecular weight is 681 g/mol. The summed E-state index contributed by atoms with van der Waals surface area (Å²) in [5.74, 6) is 0. The van der Waals surface area contributed by atoms with Crippen LogP contribution in [0.25, 0.3) is 0 Å². The van der Waals surface area contributed by atoms with Gasteiger partial charge in [0.25, 0.3) is 0 Å². The maximum atomic E-state index is 11.4. The van der Waals surface area contributed by atoms with Crippen LogP contribution in [0.15, 0.2) is 0 Å². The molecule has 46 heavy (non-hydrogen) atoms. The van der Waals surface area contributed by atoms with Gasteiger partial charge in [0.1, 0.15) is 97.7 Å². The van der Waals surface area contributed by atoms with Gasteiger partial charge in [-0.3, -0.25) is 0 Å². The SMILES string of the molecule is CO[C@@H]1O[C@H](CO)[C@@H](O[C@@H]2O[C@H](CO)[C@H](O)[C@H](O)[C@H]2O)[C@H](O)[C@@H]1O[C@H]1O[C@H](CO)[C@@H](O)[C@H](O)[C@@H]1O[C@H]1O[C@H](CO)[C@@H](O)[C@H](O)[C@@H]1O. The molecule has 0 unspecified atom stereocenters. The van der Waals surface area contributed by atoms with Crippen molar-refractivity contribution < 1.29 is 104 Å². The number of aliphatic hydroxyl groups excluding tert-OH is 13. The van der Waals surface area contributed by atoms with Crippen LogP contribution >= 0.6 is 0 Å². The molecule has 0 aromatic heterocycles. The Morgan fingerprint density at radius 2 is 0.717 bits per heavy atom. The van der Waals surface area contributed by atoms with Crippen LogP contribution in [0, 0.1) is 0 Å². The Labute approximate surface area is 261 Å². The van der Waals surface area contributed by atoms with Gasteiger partial charge < -0.3 is 104 Å². The summed E-state index contributed by atoms with van der Waals surface area (Å²) in [4.78, 5) is 0. The number of aliphatic hydroxyl groups is 13. The molecule has 0 spiro atoms. The maximum Gasteiger partial charge on any atom is 0.187 e. The summed E-state index contributed by atoms with van der Waals surface area (Å²) in [6.45, 7) is -3.25. The quantitative estimate of drug-likeness (QED) is 0.0963. The minimum Gasteiger partial charge on any atom is -0.394 e. The van der Waals surface area contributed by atoms with Gasteiger partial charge in [-0.1, -0.05) is 0 Å². The molecule has 0 aromatic carbocycles. The number of methoxy groups -OCH3 is 1. The first-order valence-corrected chi connectivity index (χ1v) is 14.5. The topological polar surface area (TPSA) is 337 Å². The zero-order chi connectivity index (χ0) is 34.0. The van der Waals surface area contributed by atoms with E-state index in [0.29, 0.717) is 0 Å². The van der Waals surface area contributed by atoms with E-state index >= 15 is 0 Å². The Morgan fingerprint density at radius 3 is 1.15 bits per heavy atom. The monoisotopic (exact) mass is 680 g/mol. The molecular formula is C25H44O21. The molecule has 4 fully saturated rings. The molecule has 0 aromatic rings. The van der Waals surface area contributed by atoms with Crippen molar-refractivity contribution in [1.29, 1.82) is 0 Å². The molecule has 4 aliphatic rings. The highest BCUT2D eigenvalue weighted by Gasteiger charge is 2.55. The molecule has 0 amide bonds. The molecule has 0 bridgehead atoms. The van der Waals surface area contributed by atoms with Crippen LogP contribution in [0.3, 0.4) is 0 Å². The van der Waals surface area contributed by atoms with Crippen molar-refractivity contribution in [2.75, 3.05) is 33.5 Å². The van der Waals surface area contributed by atoms with Crippen molar-refractivity contribution in [1.82, 2.24) is 0 Å². The highest BCUT2D eigenvalue weighted by molar-refractivity contribution is 4.97. The van der Waals surface area contributed by atoms with Crippen LogP contribution in [0.1, 0.15) is 0 Å². The van der Waals surface area contributed by atoms with E-state index in [2.05, 4.69) is 0 Å². The molecule has 4 rings (SSSR count). The van der Waals surface area contributed by atoms with E-state index in [9.17, 15) is 66.4 Å².